The van der Waals surface area contributed by atoms with Crippen LogP contribution in [0.5, 0.6) is 0 Å². The van der Waals surface area contributed by atoms with Gasteiger partial charge in [-0.15, -0.1) is 11.3 Å². The van der Waals surface area contributed by atoms with Crippen LogP contribution in [-0.4, -0.2) is 95.0 Å². The summed E-state index contributed by atoms with van der Waals surface area (Å²) in [5, 5.41) is 13.5. The summed E-state index contributed by atoms with van der Waals surface area (Å²) in [6, 6.07) is 13.1. The summed E-state index contributed by atoms with van der Waals surface area (Å²) < 4.78 is 0. The van der Waals surface area contributed by atoms with E-state index in [1.165, 1.54) is 35.0 Å². The van der Waals surface area contributed by atoms with E-state index in [4.69, 9.17) is 11.6 Å². The van der Waals surface area contributed by atoms with E-state index in [-0.39, 0.29) is 43.6 Å². The molecule has 278 valence electrons. The third kappa shape index (κ3) is 11.1. The van der Waals surface area contributed by atoms with Crippen molar-refractivity contribution in [2.45, 2.75) is 71.1 Å². The lowest BCUT2D eigenvalue weighted by atomic mass is 10.0. The van der Waals surface area contributed by atoms with Crippen LogP contribution in [0.4, 0.5) is 0 Å². The first kappa shape index (κ1) is 40.0. The molecular formula is C37H46ClN7O6S. The first-order chi connectivity index (χ1) is 24.7. The molecule has 0 saturated heterocycles. The first-order valence-electron chi connectivity index (χ1n) is 17.2. The quantitative estimate of drug-likeness (QED) is 0.300. The zero-order valence-corrected chi connectivity index (χ0v) is 31.6. The molecule has 1 aliphatic heterocycles. The summed E-state index contributed by atoms with van der Waals surface area (Å²) in [5.74, 6) is -3.30. The van der Waals surface area contributed by atoms with Crippen LogP contribution in [0.25, 0.3) is 0 Å². The second-order valence-electron chi connectivity index (χ2n) is 13.2. The molecule has 2 aromatic carbocycles. The number of nitrogens with one attached hydrogen (secondary N) is 4. The first-order valence-corrected chi connectivity index (χ1v) is 18.5. The lowest BCUT2D eigenvalue weighted by molar-refractivity contribution is -0.139. The Morgan fingerprint density at radius 2 is 1.60 bits per heavy atom. The van der Waals surface area contributed by atoms with E-state index in [0.29, 0.717) is 22.9 Å². The van der Waals surface area contributed by atoms with Gasteiger partial charge in [-0.3, -0.25) is 28.8 Å². The molecule has 13 nitrogen and oxygen atoms in total. The van der Waals surface area contributed by atoms with Crippen molar-refractivity contribution in [3.63, 3.8) is 0 Å². The highest BCUT2D eigenvalue weighted by Crippen LogP contribution is 2.23. The fraction of sp³-hybridized carbons (Fsp3) is 0.432. The summed E-state index contributed by atoms with van der Waals surface area (Å²) in [7, 11) is 1.55. The molecule has 4 rings (SSSR count). The van der Waals surface area contributed by atoms with Crippen molar-refractivity contribution >= 4 is 58.4 Å². The highest BCUT2D eigenvalue weighted by Gasteiger charge is 2.31. The van der Waals surface area contributed by atoms with Gasteiger partial charge in [-0.05, 0) is 49.8 Å². The number of benzene rings is 2. The predicted molar refractivity (Wildman–Crippen MR) is 198 cm³/mol. The van der Waals surface area contributed by atoms with Crippen LogP contribution in [0.15, 0.2) is 60.0 Å². The Balaban J connectivity index is 1.65. The van der Waals surface area contributed by atoms with Gasteiger partial charge in [0.1, 0.15) is 28.8 Å². The molecule has 2 heterocycles. The lowest BCUT2D eigenvalue weighted by Gasteiger charge is -2.29. The normalized spacial score (nSPS) is 21.5. The van der Waals surface area contributed by atoms with Gasteiger partial charge >= 0.3 is 0 Å². The molecule has 6 amide bonds. The van der Waals surface area contributed by atoms with E-state index in [1.807, 2.05) is 42.5 Å². The third-order valence-corrected chi connectivity index (χ3v) is 10.0. The van der Waals surface area contributed by atoms with E-state index in [9.17, 15) is 28.8 Å². The number of likely N-dealkylation sites (N-methyl/N-ethyl adjacent to an activating group) is 1. The van der Waals surface area contributed by atoms with Crippen molar-refractivity contribution in [2.75, 3.05) is 26.7 Å². The molecule has 2 bridgehead atoms. The molecule has 4 atom stereocenters. The van der Waals surface area contributed by atoms with Crippen molar-refractivity contribution in [1.82, 2.24) is 36.1 Å². The van der Waals surface area contributed by atoms with Crippen molar-refractivity contribution in [3.05, 3.63) is 86.8 Å². The van der Waals surface area contributed by atoms with Gasteiger partial charge in [-0.1, -0.05) is 74.0 Å². The van der Waals surface area contributed by atoms with Crippen LogP contribution in [-0.2, 0) is 36.8 Å². The van der Waals surface area contributed by atoms with E-state index < -0.39 is 53.7 Å². The maximum absolute atomic E-state index is 13.7. The SMILES string of the molecule is CC(C)[C@@H]1NC(=O)[C@H](C)NC(=O)c2csc(n2)[C@H](Cc2ccccc2)NC(=O)CN(C(=O)CCc2ccccc2Cl)CCN(C)C(=O)[C@@H](C)NC1=O. The number of halogens is 1. The van der Waals surface area contributed by atoms with Gasteiger partial charge in [-0.2, -0.15) is 0 Å². The molecule has 0 radical (unpaired) electrons. The average Bonchev–Trinajstić information content (AvgIpc) is 3.61. The number of hydrogen-bond donors (Lipinski definition) is 4. The molecule has 1 aromatic heterocycles. The van der Waals surface area contributed by atoms with Crippen molar-refractivity contribution < 1.29 is 28.8 Å². The minimum Gasteiger partial charge on any atom is -0.345 e. The van der Waals surface area contributed by atoms with Gasteiger partial charge in [0.05, 0.1) is 12.6 Å². The number of nitrogens with zero attached hydrogens (tertiary/aromatic N) is 3. The Hall–Kier alpha value is -4.82. The van der Waals surface area contributed by atoms with Gasteiger partial charge < -0.3 is 31.1 Å². The Labute approximate surface area is 312 Å². The topological polar surface area (TPSA) is 170 Å². The number of aromatic nitrogens is 1. The number of carbonyl (C=O) groups is 6. The van der Waals surface area contributed by atoms with Gasteiger partial charge in [-0.25, -0.2) is 4.98 Å². The summed E-state index contributed by atoms with van der Waals surface area (Å²) in [4.78, 5) is 87.7. The number of hydrogen-bond acceptors (Lipinski definition) is 8. The summed E-state index contributed by atoms with van der Waals surface area (Å²) >= 11 is 7.52. The largest absolute Gasteiger partial charge is 0.345 e. The van der Waals surface area contributed by atoms with Gasteiger partial charge in [0.15, 0.2) is 0 Å². The van der Waals surface area contributed by atoms with Crippen LogP contribution < -0.4 is 21.3 Å². The Morgan fingerprint density at radius 3 is 2.29 bits per heavy atom. The molecule has 4 N–H and O–H groups in total. The van der Waals surface area contributed by atoms with Crippen LogP contribution in [0.2, 0.25) is 5.02 Å². The van der Waals surface area contributed by atoms with Gasteiger partial charge in [0.2, 0.25) is 29.5 Å². The molecular weight excluding hydrogens is 706 g/mol. The maximum Gasteiger partial charge on any atom is 0.271 e. The van der Waals surface area contributed by atoms with E-state index >= 15 is 0 Å². The van der Waals surface area contributed by atoms with Crippen LogP contribution in [0, 0.1) is 5.92 Å². The summed E-state index contributed by atoms with van der Waals surface area (Å²) in [6.45, 7) is 6.33. The van der Waals surface area contributed by atoms with Crippen LogP contribution >= 0.6 is 22.9 Å². The number of aryl methyl sites for hydroxylation is 1. The molecule has 0 aliphatic carbocycles. The summed E-state index contributed by atoms with van der Waals surface area (Å²) in [6.07, 6.45) is 0.772. The van der Waals surface area contributed by atoms with E-state index in [0.717, 1.165) is 11.1 Å². The molecule has 0 fully saturated rings. The Kier molecular flexibility index (Phi) is 14.3. The Morgan fingerprint density at radius 1 is 0.904 bits per heavy atom. The number of carbonyl (C=O) groups excluding carboxylic acids is 6. The highest BCUT2D eigenvalue weighted by molar-refractivity contribution is 7.09. The highest BCUT2D eigenvalue weighted by atomic mass is 35.5. The molecule has 3 aromatic rings. The molecule has 1 aliphatic rings. The van der Waals surface area contributed by atoms with Crippen LogP contribution in [0.1, 0.15) is 66.8 Å². The monoisotopic (exact) mass is 751 g/mol. The summed E-state index contributed by atoms with van der Waals surface area (Å²) in [5.41, 5.74) is 1.76. The molecule has 0 unspecified atom stereocenters. The van der Waals surface area contributed by atoms with Crippen molar-refractivity contribution in [3.8, 4) is 0 Å². The fourth-order valence-electron chi connectivity index (χ4n) is 5.63. The number of amides is 6. The zero-order chi connectivity index (χ0) is 37.9. The maximum atomic E-state index is 13.7. The number of rotatable bonds is 6. The molecule has 52 heavy (non-hydrogen) atoms. The molecule has 15 heteroatoms. The zero-order valence-electron chi connectivity index (χ0n) is 30.0. The third-order valence-electron chi connectivity index (χ3n) is 8.72. The van der Waals surface area contributed by atoms with Gasteiger partial charge in [0.25, 0.3) is 5.91 Å². The standard InChI is InChI=1S/C37H46ClN7O6S/c1-22(2)32-35(50)40-24(4)37(51)44(5)17-18-45(31(47)16-15-26-13-9-10-14-27(26)38)20-30(46)41-28(19-25-11-7-6-8-12-25)36-42-29(21-52-36)34(49)39-23(3)33(48)43-32/h6-14,21-24,28,32H,15-20H2,1-5H3,(H,39,49)(H,40,50)(H,41,46)(H,43,48)/t23-,24+,28-,32-/m0/s1. The second-order valence-corrected chi connectivity index (χ2v) is 14.5. The van der Waals surface area contributed by atoms with E-state index in [1.54, 1.807) is 38.4 Å². The lowest BCUT2D eigenvalue weighted by Crippen LogP contribution is -2.57. The van der Waals surface area contributed by atoms with Crippen LogP contribution in [0.3, 0.4) is 0 Å². The van der Waals surface area contributed by atoms with E-state index in [2.05, 4.69) is 26.3 Å². The fourth-order valence-corrected chi connectivity index (χ4v) is 6.71. The molecule has 0 saturated carbocycles. The van der Waals surface area contributed by atoms with Gasteiger partial charge in [0, 0.05) is 37.0 Å². The second kappa shape index (κ2) is 18.6. The Bertz CT molecular complexity index is 1750. The number of fused-ring (bicyclic) bond motifs is 2. The van der Waals surface area contributed by atoms with Crippen molar-refractivity contribution in [1.29, 1.82) is 0 Å². The molecule has 0 spiro atoms. The smallest absolute Gasteiger partial charge is 0.271 e. The minimum absolute atomic E-state index is 0.0329. The average molecular weight is 752 g/mol. The van der Waals surface area contributed by atoms with Crippen molar-refractivity contribution in [2.24, 2.45) is 5.92 Å². The predicted octanol–water partition coefficient (Wildman–Crippen LogP) is 2.89. The minimum atomic E-state index is -1.02. The number of thiazole rings is 1.